The SMILES string of the molecule is CC(=O)C1=CC2(NC(=O)c3ccccc3)[C@@H]3C(=O)N(C)C(=O)[C@@H]3C1(C)[C@@H]1C(=O)N(C)C(=O)[C@@H]12. The lowest BCUT2D eigenvalue weighted by atomic mass is 9.41. The number of ketones is 1. The lowest BCUT2D eigenvalue weighted by Crippen LogP contribution is -2.73. The van der Waals surface area contributed by atoms with Crippen LogP contribution in [0, 0.1) is 29.1 Å². The maximum absolute atomic E-state index is 13.4. The Balaban J connectivity index is 1.81. The standard InChI is InChI=1S/C24H23N3O6/c1-11(28)13-10-24(25-18(29)12-8-6-5-7-9-12)16-14(19(30)26(3)21(16)32)23(13,2)15-17(24)22(33)27(4)20(15)31/h5-10,14-17H,1-4H3,(H,25,29)/t14-,15+,16+,17-,23?,24?. The summed E-state index contributed by atoms with van der Waals surface area (Å²) < 4.78 is 0. The van der Waals surface area contributed by atoms with Crippen molar-refractivity contribution in [1.82, 2.24) is 15.1 Å². The van der Waals surface area contributed by atoms with E-state index in [0.717, 1.165) is 9.80 Å². The van der Waals surface area contributed by atoms with Crippen molar-refractivity contribution in [2.24, 2.45) is 29.1 Å². The minimum atomic E-state index is -1.70. The first-order chi connectivity index (χ1) is 15.5. The van der Waals surface area contributed by atoms with Crippen molar-refractivity contribution < 1.29 is 28.8 Å². The fourth-order valence-corrected chi connectivity index (χ4v) is 6.61. The second kappa shape index (κ2) is 6.46. The minimum Gasteiger partial charge on any atom is -0.341 e. The third kappa shape index (κ3) is 2.31. The zero-order valence-electron chi connectivity index (χ0n) is 18.6. The summed E-state index contributed by atoms with van der Waals surface area (Å²) in [4.78, 5) is 81.5. The predicted octanol–water partition coefficient (Wildman–Crippen LogP) is 0.166. The van der Waals surface area contributed by atoms with E-state index in [2.05, 4.69) is 5.32 Å². The van der Waals surface area contributed by atoms with E-state index in [9.17, 15) is 28.8 Å². The molecular weight excluding hydrogens is 426 g/mol. The summed E-state index contributed by atoms with van der Waals surface area (Å²) in [6.45, 7) is 2.94. The van der Waals surface area contributed by atoms with E-state index in [1.54, 1.807) is 37.3 Å². The molecule has 0 aromatic heterocycles. The maximum atomic E-state index is 13.4. The van der Waals surface area contributed by atoms with E-state index in [-0.39, 0.29) is 16.9 Å². The van der Waals surface area contributed by atoms with Gasteiger partial charge in [0.1, 0.15) is 0 Å². The number of amides is 5. The molecule has 1 N–H and O–H groups in total. The van der Waals surface area contributed by atoms with Crippen LogP contribution in [0.15, 0.2) is 42.0 Å². The van der Waals surface area contributed by atoms with Crippen molar-refractivity contribution in [3.63, 3.8) is 0 Å². The van der Waals surface area contributed by atoms with E-state index < -0.39 is 64.2 Å². The lowest BCUT2D eigenvalue weighted by Gasteiger charge is -2.60. The number of nitrogens with one attached hydrogen (secondary N) is 1. The number of imide groups is 2. The maximum Gasteiger partial charge on any atom is 0.252 e. The lowest BCUT2D eigenvalue weighted by molar-refractivity contribution is -0.152. The smallest absolute Gasteiger partial charge is 0.252 e. The number of benzene rings is 1. The van der Waals surface area contributed by atoms with Gasteiger partial charge in [-0.3, -0.25) is 38.6 Å². The highest BCUT2D eigenvalue weighted by molar-refractivity contribution is 6.15. The Labute approximate surface area is 189 Å². The molecule has 3 fully saturated rings. The van der Waals surface area contributed by atoms with Gasteiger partial charge in [-0.05, 0) is 19.1 Å². The normalized spacial score (nSPS) is 36.7. The summed E-state index contributed by atoms with van der Waals surface area (Å²) in [7, 11) is 2.69. The van der Waals surface area contributed by atoms with Crippen molar-refractivity contribution in [2.45, 2.75) is 19.4 Å². The van der Waals surface area contributed by atoms with Gasteiger partial charge in [-0.2, -0.15) is 0 Å². The molecule has 2 heterocycles. The first kappa shape index (κ1) is 21.2. The summed E-state index contributed by atoms with van der Waals surface area (Å²) in [5, 5.41) is 2.86. The van der Waals surface area contributed by atoms with Crippen LogP contribution in [0.3, 0.4) is 0 Å². The number of carbonyl (C=O) groups excluding carboxylic acids is 6. The topological polar surface area (TPSA) is 121 Å². The summed E-state index contributed by atoms with van der Waals surface area (Å²) in [5.74, 6) is -7.41. The number of hydrogen-bond donors (Lipinski definition) is 1. The number of rotatable bonds is 3. The molecule has 2 bridgehead atoms. The molecule has 2 unspecified atom stereocenters. The Hall–Kier alpha value is -3.62. The number of likely N-dealkylation sites (tertiary alicyclic amines) is 2. The minimum absolute atomic E-state index is 0.186. The molecule has 6 atom stereocenters. The number of hydrogen-bond acceptors (Lipinski definition) is 6. The van der Waals surface area contributed by atoms with Gasteiger partial charge in [0.15, 0.2) is 5.78 Å². The average Bonchev–Trinajstić information content (AvgIpc) is 3.17. The Morgan fingerprint density at radius 1 is 0.818 bits per heavy atom. The second-order valence-electron chi connectivity index (χ2n) is 9.53. The highest BCUT2D eigenvalue weighted by atomic mass is 16.2. The monoisotopic (exact) mass is 449 g/mol. The molecule has 5 amide bonds. The van der Waals surface area contributed by atoms with Crippen LogP contribution in [0.4, 0.5) is 0 Å². The molecule has 1 saturated carbocycles. The quantitative estimate of drug-likeness (QED) is 0.657. The molecule has 33 heavy (non-hydrogen) atoms. The highest BCUT2D eigenvalue weighted by Crippen LogP contribution is 2.67. The first-order valence-corrected chi connectivity index (χ1v) is 10.7. The van der Waals surface area contributed by atoms with Crippen LogP contribution in [0.5, 0.6) is 0 Å². The summed E-state index contributed by atoms with van der Waals surface area (Å²) in [6.07, 6.45) is 1.48. The molecule has 9 nitrogen and oxygen atoms in total. The van der Waals surface area contributed by atoms with E-state index in [1.807, 2.05) is 0 Å². The molecule has 9 heteroatoms. The molecule has 0 spiro atoms. The van der Waals surface area contributed by atoms with E-state index in [1.165, 1.54) is 27.1 Å². The molecule has 3 aliphatic carbocycles. The van der Waals surface area contributed by atoms with Gasteiger partial charge in [-0.25, -0.2) is 0 Å². The van der Waals surface area contributed by atoms with Crippen LogP contribution in [0.1, 0.15) is 24.2 Å². The summed E-state index contributed by atoms with van der Waals surface area (Å²) >= 11 is 0. The third-order valence-corrected chi connectivity index (χ3v) is 8.08. The van der Waals surface area contributed by atoms with Gasteiger partial charge >= 0.3 is 0 Å². The van der Waals surface area contributed by atoms with Crippen molar-refractivity contribution >= 4 is 35.3 Å². The second-order valence-corrected chi connectivity index (χ2v) is 9.53. The van der Waals surface area contributed by atoms with Crippen LogP contribution in [0.25, 0.3) is 0 Å². The molecule has 5 aliphatic rings. The zero-order chi connectivity index (χ0) is 24.0. The van der Waals surface area contributed by atoms with Crippen LogP contribution < -0.4 is 5.32 Å². The van der Waals surface area contributed by atoms with Gasteiger partial charge in [-0.15, -0.1) is 0 Å². The van der Waals surface area contributed by atoms with Crippen LogP contribution >= 0.6 is 0 Å². The summed E-state index contributed by atoms with van der Waals surface area (Å²) in [6, 6.07) is 8.24. The molecule has 170 valence electrons. The number of nitrogens with zero attached hydrogens (tertiary/aromatic N) is 2. The Morgan fingerprint density at radius 3 is 1.73 bits per heavy atom. The van der Waals surface area contributed by atoms with Gasteiger partial charge in [0.2, 0.25) is 23.6 Å². The van der Waals surface area contributed by atoms with Crippen LogP contribution in [-0.2, 0) is 24.0 Å². The molecule has 2 saturated heterocycles. The highest BCUT2D eigenvalue weighted by Gasteiger charge is 2.80. The van der Waals surface area contributed by atoms with Crippen molar-refractivity contribution in [3.8, 4) is 0 Å². The third-order valence-electron chi connectivity index (χ3n) is 8.08. The Kier molecular flexibility index (Phi) is 4.16. The van der Waals surface area contributed by atoms with E-state index in [4.69, 9.17) is 0 Å². The fraction of sp³-hybridized carbons (Fsp3) is 0.417. The fourth-order valence-electron chi connectivity index (χ4n) is 6.61. The average molecular weight is 449 g/mol. The number of carbonyl (C=O) groups is 6. The number of allylic oxidation sites excluding steroid dienone is 1. The van der Waals surface area contributed by atoms with Crippen LogP contribution in [-0.4, -0.2) is 64.8 Å². The first-order valence-electron chi connectivity index (χ1n) is 10.7. The molecular formula is C24H23N3O6. The van der Waals surface area contributed by atoms with Gasteiger partial charge in [-0.1, -0.05) is 31.2 Å². The van der Waals surface area contributed by atoms with Crippen molar-refractivity contribution in [3.05, 3.63) is 47.5 Å². The molecule has 6 rings (SSSR count). The summed E-state index contributed by atoms with van der Waals surface area (Å²) in [5.41, 5.74) is -2.58. The van der Waals surface area contributed by atoms with Gasteiger partial charge in [0.05, 0.1) is 29.2 Å². The van der Waals surface area contributed by atoms with Gasteiger partial charge in [0, 0.05) is 30.6 Å². The van der Waals surface area contributed by atoms with Crippen molar-refractivity contribution in [2.75, 3.05) is 14.1 Å². The van der Waals surface area contributed by atoms with Gasteiger partial charge < -0.3 is 5.32 Å². The van der Waals surface area contributed by atoms with E-state index in [0.29, 0.717) is 0 Å². The Bertz CT molecular complexity index is 1160. The van der Waals surface area contributed by atoms with Crippen LogP contribution in [0.2, 0.25) is 0 Å². The largest absolute Gasteiger partial charge is 0.341 e. The Morgan fingerprint density at radius 2 is 1.27 bits per heavy atom. The molecule has 0 radical (unpaired) electrons. The van der Waals surface area contributed by atoms with Gasteiger partial charge in [0.25, 0.3) is 5.91 Å². The van der Waals surface area contributed by atoms with Crippen molar-refractivity contribution in [1.29, 1.82) is 0 Å². The molecule has 1 aromatic rings. The van der Waals surface area contributed by atoms with E-state index >= 15 is 0 Å². The predicted molar refractivity (Wildman–Crippen MR) is 113 cm³/mol. The zero-order valence-corrected chi connectivity index (χ0v) is 18.6. The molecule has 2 aliphatic heterocycles. The molecule has 1 aromatic carbocycles. The number of Topliss-reactive ketones (excluding diaryl/α,β-unsaturated/α-hetero) is 1.